The van der Waals surface area contributed by atoms with Crippen LogP contribution in [0.25, 0.3) is 11.2 Å². The van der Waals surface area contributed by atoms with E-state index in [9.17, 15) is 20.1 Å². The summed E-state index contributed by atoms with van der Waals surface area (Å²) < 4.78 is 12.1. The number of carbonyl (C=O) groups is 1. The van der Waals surface area contributed by atoms with Crippen LogP contribution >= 0.6 is 0 Å². The molecule has 2 aromatic heterocycles. The van der Waals surface area contributed by atoms with Crippen molar-refractivity contribution in [3.05, 3.63) is 6.33 Å². The summed E-state index contributed by atoms with van der Waals surface area (Å²) in [5.74, 6) is -0.862. The van der Waals surface area contributed by atoms with Gasteiger partial charge in [0.15, 0.2) is 23.2 Å². The minimum absolute atomic E-state index is 0.0891. The molecular weight excluding hydrogens is 372 g/mol. The highest BCUT2D eigenvalue weighted by Gasteiger charge is 2.49. The molecule has 28 heavy (non-hydrogen) atoms. The summed E-state index contributed by atoms with van der Waals surface area (Å²) in [5.41, 5.74) is 11.9. The second-order valence-corrected chi connectivity index (χ2v) is 7.00. The second kappa shape index (κ2) is 7.56. The quantitative estimate of drug-likeness (QED) is 0.361. The van der Waals surface area contributed by atoms with Gasteiger partial charge in [-0.25, -0.2) is 4.98 Å². The molecule has 0 radical (unpaired) electrons. The minimum atomic E-state index is -1.71. The molecule has 0 aliphatic carbocycles. The highest BCUT2D eigenvalue weighted by Crippen LogP contribution is 2.34. The summed E-state index contributed by atoms with van der Waals surface area (Å²) in [7, 11) is 1.39. The van der Waals surface area contributed by atoms with E-state index in [1.54, 1.807) is 13.8 Å². The van der Waals surface area contributed by atoms with Gasteiger partial charge in [0.2, 0.25) is 11.8 Å². The van der Waals surface area contributed by atoms with E-state index in [0.717, 1.165) is 0 Å². The normalized spacial score (nSPS) is 27.3. The lowest BCUT2D eigenvalue weighted by Gasteiger charge is -2.24. The Kier molecular flexibility index (Phi) is 5.50. The van der Waals surface area contributed by atoms with E-state index in [0.29, 0.717) is 0 Å². The van der Waals surface area contributed by atoms with Crippen molar-refractivity contribution in [2.24, 2.45) is 11.7 Å². The molecule has 6 atom stereocenters. The first kappa shape index (κ1) is 20.4. The average Bonchev–Trinajstić information content (AvgIpc) is 3.20. The Labute approximate surface area is 160 Å². The maximum atomic E-state index is 12.3. The van der Waals surface area contributed by atoms with Gasteiger partial charge in [-0.05, 0) is 5.92 Å². The maximum absolute atomic E-state index is 12.3. The van der Waals surface area contributed by atoms with Crippen molar-refractivity contribution in [1.29, 1.82) is 0 Å². The van der Waals surface area contributed by atoms with Gasteiger partial charge in [0.25, 0.3) is 0 Å². The number of imidazole rings is 1. The Bertz CT molecular complexity index is 873. The number of nitrogen functional groups attached to an aromatic ring is 1. The molecule has 1 aliphatic heterocycles. The summed E-state index contributed by atoms with van der Waals surface area (Å²) in [5, 5.41) is 31.2. The number of rotatable bonds is 6. The van der Waals surface area contributed by atoms with Gasteiger partial charge < -0.3 is 36.3 Å². The van der Waals surface area contributed by atoms with Gasteiger partial charge in [0.05, 0.1) is 19.5 Å². The zero-order chi connectivity index (χ0) is 20.7. The molecule has 1 aliphatic rings. The van der Waals surface area contributed by atoms with E-state index in [1.165, 1.54) is 18.0 Å². The second-order valence-electron chi connectivity index (χ2n) is 7.00. The molecule has 0 bridgehead atoms. The summed E-state index contributed by atoms with van der Waals surface area (Å²) in [6.45, 7) is 3.46. The van der Waals surface area contributed by atoms with E-state index in [1.807, 2.05) is 0 Å². The van der Waals surface area contributed by atoms with Crippen LogP contribution in [0.5, 0.6) is 5.88 Å². The van der Waals surface area contributed by atoms with Gasteiger partial charge in [0.1, 0.15) is 24.4 Å². The predicted molar refractivity (Wildman–Crippen MR) is 96.0 cm³/mol. The lowest BCUT2D eigenvalue weighted by molar-refractivity contribution is -0.143. The molecule has 0 spiro atoms. The monoisotopic (exact) mass is 396 g/mol. The number of carbonyl (C=O) groups excluding carboxylic acids is 1. The first-order valence-electron chi connectivity index (χ1n) is 8.70. The van der Waals surface area contributed by atoms with Crippen LogP contribution in [0.15, 0.2) is 6.33 Å². The first-order chi connectivity index (χ1) is 13.2. The number of nitrogens with two attached hydrogens (primary N) is 2. The van der Waals surface area contributed by atoms with E-state index in [-0.39, 0.29) is 28.9 Å². The number of ether oxygens (including phenoxy) is 2. The van der Waals surface area contributed by atoms with Crippen LogP contribution in [0.4, 0.5) is 5.95 Å². The van der Waals surface area contributed by atoms with Crippen molar-refractivity contribution < 1.29 is 29.6 Å². The Hall–Kier alpha value is -2.38. The fraction of sp³-hybridized carbons (Fsp3) is 0.625. The highest BCUT2D eigenvalue weighted by atomic mass is 16.6. The lowest BCUT2D eigenvalue weighted by Crippen LogP contribution is -2.50. The number of methoxy groups -OCH3 is 1. The molecule has 7 N–H and O–H groups in total. The third-order valence-electron chi connectivity index (χ3n) is 4.80. The summed E-state index contributed by atoms with van der Waals surface area (Å²) >= 11 is 0. The number of aromatic nitrogens is 4. The van der Waals surface area contributed by atoms with Crippen molar-refractivity contribution in [3.63, 3.8) is 0 Å². The highest BCUT2D eigenvalue weighted by molar-refractivity contribution is 5.88. The SMILES string of the molecule is COc1nc(N)nc2c1ncn2[C@@H]1O[C@H](C(O)C(=O)[C@@H](N)C(C)C)[C@@H](O)[C@@H]1O. The smallest absolute Gasteiger partial charge is 0.246 e. The summed E-state index contributed by atoms with van der Waals surface area (Å²) in [6, 6.07) is -0.937. The molecule has 12 heteroatoms. The number of aliphatic hydroxyl groups excluding tert-OH is 3. The Morgan fingerprint density at radius 3 is 2.61 bits per heavy atom. The van der Waals surface area contributed by atoms with E-state index < -0.39 is 42.5 Å². The largest absolute Gasteiger partial charge is 0.479 e. The zero-order valence-electron chi connectivity index (χ0n) is 15.6. The maximum Gasteiger partial charge on any atom is 0.246 e. The molecule has 0 aromatic carbocycles. The Morgan fingerprint density at radius 2 is 2.00 bits per heavy atom. The molecule has 0 saturated carbocycles. The van der Waals surface area contributed by atoms with Crippen LogP contribution in [0.3, 0.4) is 0 Å². The number of nitrogens with zero attached hydrogens (tertiary/aromatic N) is 4. The number of anilines is 1. The fourth-order valence-electron chi connectivity index (χ4n) is 3.10. The van der Waals surface area contributed by atoms with Crippen molar-refractivity contribution in [2.75, 3.05) is 12.8 Å². The van der Waals surface area contributed by atoms with Crippen molar-refractivity contribution in [2.45, 2.75) is 50.5 Å². The standard InChI is InChI=1S/C16H24N6O6/c1-5(2)6(17)8(23)9(24)12-10(25)11(26)15(28-12)22-4-19-7-13(22)20-16(18)21-14(7)27-3/h4-6,9-12,15,24-26H,17H2,1-3H3,(H2,18,20,21)/t6-,9?,10-,11-,12+,15+/m0/s1. The van der Waals surface area contributed by atoms with Gasteiger partial charge in [0, 0.05) is 0 Å². The molecule has 3 rings (SSSR count). The Morgan fingerprint density at radius 1 is 1.32 bits per heavy atom. The number of fused-ring (bicyclic) bond motifs is 1. The molecule has 12 nitrogen and oxygen atoms in total. The first-order valence-corrected chi connectivity index (χ1v) is 8.70. The third kappa shape index (κ3) is 3.29. The van der Waals surface area contributed by atoms with E-state index in [2.05, 4.69) is 15.0 Å². The molecule has 1 saturated heterocycles. The number of hydrogen-bond donors (Lipinski definition) is 5. The molecule has 3 heterocycles. The lowest BCUT2D eigenvalue weighted by atomic mass is 9.93. The van der Waals surface area contributed by atoms with Gasteiger partial charge in [-0.2, -0.15) is 9.97 Å². The molecule has 2 aromatic rings. The summed E-state index contributed by atoms with van der Waals surface area (Å²) in [6.07, 6.45) is -5.98. The minimum Gasteiger partial charge on any atom is -0.479 e. The van der Waals surface area contributed by atoms with Crippen LogP contribution in [-0.4, -0.2) is 78.2 Å². The number of Topliss-reactive ketones (excluding diaryl/α,β-unsaturated/α-hetero) is 1. The van der Waals surface area contributed by atoms with Crippen LogP contribution < -0.4 is 16.2 Å². The van der Waals surface area contributed by atoms with Crippen LogP contribution in [-0.2, 0) is 9.53 Å². The average molecular weight is 396 g/mol. The van der Waals surface area contributed by atoms with Crippen LogP contribution in [0, 0.1) is 5.92 Å². The van der Waals surface area contributed by atoms with E-state index in [4.69, 9.17) is 20.9 Å². The zero-order valence-corrected chi connectivity index (χ0v) is 15.6. The van der Waals surface area contributed by atoms with Crippen LogP contribution in [0.1, 0.15) is 20.1 Å². The van der Waals surface area contributed by atoms with Crippen molar-refractivity contribution in [1.82, 2.24) is 19.5 Å². The third-order valence-corrected chi connectivity index (χ3v) is 4.80. The topological polar surface area (TPSA) is 192 Å². The summed E-state index contributed by atoms with van der Waals surface area (Å²) in [4.78, 5) is 24.4. The molecule has 1 unspecified atom stereocenters. The molecule has 154 valence electrons. The molecule has 1 fully saturated rings. The van der Waals surface area contributed by atoms with Gasteiger partial charge in [-0.3, -0.25) is 9.36 Å². The van der Waals surface area contributed by atoms with Crippen molar-refractivity contribution in [3.8, 4) is 5.88 Å². The Balaban J connectivity index is 1.92. The number of aliphatic hydroxyl groups is 3. The predicted octanol–water partition coefficient (Wildman–Crippen LogP) is -2.05. The van der Waals surface area contributed by atoms with Gasteiger partial charge >= 0.3 is 0 Å². The van der Waals surface area contributed by atoms with Gasteiger partial charge in [-0.1, -0.05) is 13.8 Å². The van der Waals surface area contributed by atoms with E-state index >= 15 is 0 Å². The molecule has 0 amide bonds. The van der Waals surface area contributed by atoms with Gasteiger partial charge in [-0.15, -0.1) is 0 Å². The fourth-order valence-corrected chi connectivity index (χ4v) is 3.10. The number of ketones is 1. The van der Waals surface area contributed by atoms with Crippen LogP contribution in [0.2, 0.25) is 0 Å². The molecular formula is C16H24N6O6. The van der Waals surface area contributed by atoms with Crippen molar-refractivity contribution >= 4 is 22.9 Å². The number of hydrogen-bond acceptors (Lipinski definition) is 11.